The zero-order chi connectivity index (χ0) is 22.4. The number of hydrogen-bond donors (Lipinski definition) is 3. The summed E-state index contributed by atoms with van der Waals surface area (Å²) in [6.07, 6.45) is -0.920. The molecule has 2 amide bonds. The highest BCUT2D eigenvalue weighted by molar-refractivity contribution is 6.48. The second-order valence-corrected chi connectivity index (χ2v) is 8.15. The van der Waals surface area contributed by atoms with E-state index in [9.17, 15) is 9.59 Å². The Morgan fingerprint density at radius 2 is 1.70 bits per heavy atom. The number of carbonyl (C=O) groups is 2. The van der Waals surface area contributed by atoms with Gasteiger partial charge in [0, 0.05) is 13.5 Å². The second-order valence-electron chi connectivity index (χ2n) is 8.15. The topological polar surface area (TPSA) is 115 Å². The summed E-state index contributed by atoms with van der Waals surface area (Å²) in [5.74, 6) is -0.378. The number of amides is 2. The molecule has 2 atom stereocenters. The lowest BCUT2D eigenvalue weighted by molar-refractivity contribution is -0.124. The van der Waals surface area contributed by atoms with E-state index in [1.807, 2.05) is 58.0 Å². The van der Waals surface area contributed by atoms with Crippen molar-refractivity contribution >= 4 is 19.1 Å². The SMILES string of the molecule is COCC(NC(=O)O)C(=O)NC(CCOc1ccccc1)B1OC(C)(C)C(C)(C)O1. The van der Waals surface area contributed by atoms with Crippen molar-refractivity contribution in [2.45, 2.75) is 57.3 Å². The fraction of sp³-hybridized carbons (Fsp3) is 0.600. The Bertz CT molecular complexity index is 698. The van der Waals surface area contributed by atoms with Gasteiger partial charge in [0.15, 0.2) is 0 Å². The summed E-state index contributed by atoms with van der Waals surface area (Å²) in [5.41, 5.74) is -1.15. The molecule has 1 saturated heterocycles. The molecule has 0 saturated carbocycles. The molecule has 30 heavy (non-hydrogen) atoms. The van der Waals surface area contributed by atoms with E-state index in [2.05, 4.69) is 10.6 Å². The van der Waals surface area contributed by atoms with Gasteiger partial charge in [-0.15, -0.1) is 0 Å². The van der Waals surface area contributed by atoms with E-state index in [0.717, 1.165) is 0 Å². The summed E-state index contributed by atoms with van der Waals surface area (Å²) >= 11 is 0. The first-order valence-electron chi connectivity index (χ1n) is 9.88. The fourth-order valence-electron chi connectivity index (χ4n) is 2.93. The molecule has 1 aromatic rings. The number of carboxylic acid groups (broad SMARTS) is 1. The largest absolute Gasteiger partial charge is 0.494 e. The van der Waals surface area contributed by atoms with Gasteiger partial charge in [-0.25, -0.2) is 4.79 Å². The molecule has 0 aliphatic carbocycles. The number of para-hydroxylation sites is 1. The van der Waals surface area contributed by atoms with Crippen molar-refractivity contribution in [3.05, 3.63) is 30.3 Å². The van der Waals surface area contributed by atoms with E-state index < -0.39 is 42.3 Å². The molecule has 1 aliphatic rings. The first-order chi connectivity index (χ1) is 14.1. The van der Waals surface area contributed by atoms with Crippen molar-refractivity contribution in [2.24, 2.45) is 0 Å². The predicted octanol–water partition coefficient (Wildman–Crippen LogP) is 1.85. The molecule has 1 aromatic carbocycles. The molecule has 0 bridgehead atoms. The number of carbonyl (C=O) groups excluding carboxylic acids is 1. The first-order valence-corrected chi connectivity index (χ1v) is 9.88. The minimum atomic E-state index is -1.31. The molecule has 166 valence electrons. The number of nitrogens with one attached hydrogen (secondary N) is 2. The molecule has 2 rings (SSSR count). The molecule has 1 fully saturated rings. The minimum Gasteiger partial charge on any atom is -0.494 e. The smallest absolute Gasteiger partial charge is 0.481 e. The standard InChI is InChI=1S/C20H31BN2O7/c1-19(2)20(3,4)30-21(29-19)16(11-12-28-14-9-7-6-8-10-14)23-17(24)15(13-27-5)22-18(25)26/h6-10,15-16,22H,11-13H2,1-5H3,(H,23,24)(H,25,26). The Labute approximate surface area is 177 Å². The quantitative estimate of drug-likeness (QED) is 0.493. The Hall–Kier alpha value is -2.30. The molecular weight excluding hydrogens is 391 g/mol. The van der Waals surface area contributed by atoms with Crippen LogP contribution in [0.15, 0.2) is 30.3 Å². The molecule has 0 spiro atoms. The van der Waals surface area contributed by atoms with Gasteiger partial charge in [-0.3, -0.25) is 4.79 Å². The normalized spacial score (nSPS) is 19.0. The number of ether oxygens (including phenoxy) is 2. The summed E-state index contributed by atoms with van der Waals surface area (Å²) in [7, 11) is 0.676. The number of hydrogen-bond acceptors (Lipinski definition) is 6. The van der Waals surface area contributed by atoms with Crippen molar-refractivity contribution in [1.29, 1.82) is 0 Å². The number of benzene rings is 1. The lowest BCUT2D eigenvalue weighted by Gasteiger charge is -2.32. The average Bonchev–Trinajstić information content (AvgIpc) is 2.88. The van der Waals surface area contributed by atoms with Gasteiger partial charge in [-0.05, 0) is 39.8 Å². The minimum absolute atomic E-state index is 0.102. The van der Waals surface area contributed by atoms with E-state index in [4.69, 9.17) is 23.9 Å². The molecule has 2 unspecified atom stereocenters. The highest BCUT2D eigenvalue weighted by Gasteiger charge is 2.54. The van der Waals surface area contributed by atoms with E-state index in [1.165, 1.54) is 7.11 Å². The van der Waals surface area contributed by atoms with Crippen molar-refractivity contribution < 1.29 is 33.5 Å². The van der Waals surface area contributed by atoms with E-state index in [1.54, 1.807) is 0 Å². The van der Waals surface area contributed by atoms with Crippen LogP contribution in [0, 0.1) is 0 Å². The van der Waals surface area contributed by atoms with Gasteiger partial charge < -0.3 is 34.5 Å². The van der Waals surface area contributed by atoms with Crippen LogP contribution in [-0.4, -0.2) is 67.7 Å². The third-order valence-corrected chi connectivity index (χ3v) is 5.32. The van der Waals surface area contributed by atoms with Crippen LogP contribution >= 0.6 is 0 Å². The van der Waals surface area contributed by atoms with Crippen LogP contribution in [0.2, 0.25) is 0 Å². The van der Waals surface area contributed by atoms with Gasteiger partial charge in [0.2, 0.25) is 5.91 Å². The maximum absolute atomic E-state index is 12.7. The zero-order valence-corrected chi connectivity index (χ0v) is 18.1. The number of rotatable bonds is 10. The van der Waals surface area contributed by atoms with Gasteiger partial charge in [-0.1, -0.05) is 18.2 Å². The van der Waals surface area contributed by atoms with E-state index >= 15 is 0 Å². The molecule has 0 radical (unpaired) electrons. The van der Waals surface area contributed by atoms with Crippen LogP contribution in [0.1, 0.15) is 34.1 Å². The summed E-state index contributed by atoms with van der Waals surface area (Å²) in [4.78, 5) is 23.7. The lowest BCUT2D eigenvalue weighted by Crippen LogP contribution is -2.56. The summed E-state index contributed by atoms with van der Waals surface area (Å²) in [5, 5.41) is 14.0. The van der Waals surface area contributed by atoms with Crippen molar-refractivity contribution in [3.8, 4) is 5.75 Å². The maximum atomic E-state index is 12.7. The van der Waals surface area contributed by atoms with Gasteiger partial charge in [0.25, 0.3) is 0 Å². The molecule has 0 aromatic heterocycles. The highest BCUT2D eigenvalue weighted by atomic mass is 16.7. The molecule has 10 heteroatoms. The maximum Gasteiger partial charge on any atom is 0.481 e. The Morgan fingerprint density at radius 3 is 2.23 bits per heavy atom. The van der Waals surface area contributed by atoms with Crippen molar-refractivity contribution in [2.75, 3.05) is 20.3 Å². The van der Waals surface area contributed by atoms with Gasteiger partial charge in [0.1, 0.15) is 11.8 Å². The van der Waals surface area contributed by atoms with Crippen molar-refractivity contribution in [1.82, 2.24) is 10.6 Å². The molecule has 1 heterocycles. The van der Waals surface area contributed by atoms with Gasteiger partial charge in [0.05, 0.1) is 30.4 Å². The summed E-state index contributed by atoms with van der Waals surface area (Å²) in [6.45, 7) is 7.89. The van der Waals surface area contributed by atoms with Crippen molar-refractivity contribution in [3.63, 3.8) is 0 Å². The molecule has 1 aliphatic heterocycles. The van der Waals surface area contributed by atoms with Crippen LogP contribution in [0.3, 0.4) is 0 Å². The summed E-state index contributed by atoms with van der Waals surface area (Å²) < 4.78 is 22.9. The van der Waals surface area contributed by atoms with Crippen LogP contribution in [-0.2, 0) is 18.8 Å². The molecular formula is C20H31BN2O7. The fourth-order valence-corrected chi connectivity index (χ4v) is 2.93. The zero-order valence-electron chi connectivity index (χ0n) is 18.1. The van der Waals surface area contributed by atoms with Gasteiger partial charge in [-0.2, -0.15) is 0 Å². The predicted molar refractivity (Wildman–Crippen MR) is 111 cm³/mol. The lowest BCUT2D eigenvalue weighted by atomic mass is 9.76. The Morgan fingerprint density at radius 1 is 1.10 bits per heavy atom. The summed E-state index contributed by atoms with van der Waals surface area (Å²) in [6, 6.07) is 8.26. The number of methoxy groups -OCH3 is 1. The van der Waals surface area contributed by atoms with Crippen LogP contribution in [0.25, 0.3) is 0 Å². The molecule has 9 nitrogen and oxygen atoms in total. The van der Waals surface area contributed by atoms with Crippen LogP contribution in [0.5, 0.6) is 5.75 Å². The third-order valence-electron chi connectivity index (χ3n) is 5.32. The Kier molecular flexibility index (Phi) is 8.11. The Balaban J connectivity index is 2.09. The molecule has 3 N–H and O–H groups in total. The van der Waals surface area contributed by atoms with E-state index in [-0.39, 0.29) is 6.61 Å². The highest BCUT2D eigenvalue weighted by Crippen LogP contribution is 2.37. The monoisotopic (exact) mass is 422 g/mol. The first kappa shape index (κ1) is 24.0. The van der Waals surface area contributed by atoms with Crippen LogP contribution < -0.4 is 15.4 Å². The third kappa shape index (κ3) is 6.35. The average molecular weight is 422 g/mol. The van der Waals surface area contributed by atoms with Gasteiger partial charge >= 0.3 is 13.2 Å². The van der Waals surface area contributed by atoms with E-state index in [0.29, 0.717) is 18.8 Å². The van der Waals surface area contributed by atoms with Crippen LogP contribution in [0.4, 0.5) is 4.79 Å². The second kappa shape index (κ2) is 10.1.